The zero-order valence-corrected chi connectivity index (χ0v) is 24.1. The smallest absolute Gasteiger partial charge is 0.287 e. The quantitative estimate of drug-likeness (QED) is 0.116. The Morgan fingerprint density at radius 1 is 0.700 bits per heavy atom. The molecule has 0 unspecified atom stereocenters. The molecule has 4 nitrogen and oxygen atoms in total. The van der Waals surface area contributed by atoms with Gasteiger partial charge < -0.3 is 17.0 Å². The van der Waals surface area contributed by atoms with Gasteiger partial charge in [-0.15, -0.1) is 0 Å². The second-order valence-electron chi connectivity index (χ2n) is 9.15. The predicted octanol–water partition coefficient (Wildman–Crippen LogP) is 4.13. The Bertz CT molecular complexity index is 1570. The van der Waals surface area contributed by atoms with Crippen molar-refractivity contribution in [1.29, 1.82) is 5.26 Å². The van der Waals surface area contributed by atoms with Crippen molar-refractivity contribution >= 4 is 41.0 Å². The van der Waals surface area contributed by atoms with E-state index in [0.29, 0.717) is 0 Å². The molecule has 0 aromatic heterocycles. The third kappa shape index (κ3) is 5.95. The molecule has 40 heavy (non-hydrogen) atoms. The van der Waals surface area contributed by atoms with Crippen LogP contribution in [0.25, 0.3) is 12.2 Å². The van der Waals surface area contributed by atoms with Gasteiger partial charge >= 0.3 is 0 Å². The first-order valence-corrected chi connectivity index (χ1v) is 14.6. The van der Waals surface area contributed by atoms with Crippen molar-refractivity contribution in [3.63, 3.8) is 0 Å². The highest BCUT2D eigenvalue weighted by molar-refractivity contribution is 7.95. The van der Waals surface area contributed by atoms with Gasteiger partial charge in [-0.25, -0.2) is 0 Å². The molecule has 0 radical (unpaired) electrons. The maximum atomic E-state index is 11.2. The zero-order chi connectivity index (χ0) is 27.1. The molecule has 0 aliphatic rings. The molecule has 6 heteroatoms. The number of hydrogen-bond acceptors (Lipinski definition) is 3. The van der Waals surface area contributed by atoms with E-state index in [4.69, 9.17) is 0 Å². The first kappa shape index (κ1) is 28.6. The minimum absolute atomic E-state index is 0. The molecule has 0 spiro atoms. The fourth-order valence-corrected chi connectivity index (χ4v) is 9.24. The van der Waals surface area contributed by atoms with Crippen molar-refractivity contribution in [3.05, 3.63) is 166 Å². The molecule has 5 aromatic carbocycles. The second kappa shape index (κ2) is 13.1. The van der Waals surface area contributed by atoms with Gasteiger partial charge in [0.05, 0.1) is 11.1 Å². The molecular weight excluding hydrogens is 579 g/mol. The van der Waals surface area contributed by atoms with Crippen molar-refractivity contribution in [2.75, 3.05) is 0 Å². The molecular formula is C34H26BrN2O2P. The standard InChI is InChI=1S/C34H26N2O2P.BrH/c35-25-30-24-27(21-23-34(30)36(37)38)20-22-28-12-10-11-13-29(28)26-39(31-14-4-1-5-15-31,32-16-6-2-7-17-32)33-18-8-3-9-19-33;/h1-24H,26H2;1H/q+1;/p-1. The van der Waals surface area contributed by atoms with Gasteiger partial charge in [0.1, 0.15) is 34.8 Å². The number of nitriles is 1. The van der Waals surface area contributed by atoms with Crippen LogP contribution in [0.1, 0.15) is 22.3 Å². The molecule has 5 rings (SSSR count). The van der Waals surface area contributed by atoms with E-state index in [0.717, 1.165) is 17.3 Å². The minimum atomic E-state index is -2.08. The lowest BCUT2D eigenvalue weighted by atomic mass is 10.1. The summed E-state index contributed by atoms with van der Waals surface area (Å²) < 4.78 is 0. The summed E-state index contributed by atoms with van der Waals surface area (Å²) in [5.41, 5.74) is 2.89. The van der Waals surface area contributed by atoms with Crippen LogP contribution in [0.3, 0.4) is 0 Å². The van der Waals surface area contributed by atoms with Crippen LogP contribution in [0.5, 0.6) is 0 Å². The predicted molar refractivity (Wildman–Crippen MR) is 162 cm³/mol. The van der Waals surface area contributed by atoms with Gasteiger partial charge in [-0.3, -0.25) is 10.1 Å². The largest absolute Gasteiger partial charge is 1.00 e. The van der Waals surface area contributed by atoms with E-state index in [1.54, 1.807) is 12.1 Å². The van der Waals surface area contributed by atoms with Crippen molar-refractivity contribution in [2.45, 2.75) is 6.16 Å². The highest BCUT2D eigenvalue weighted by Crippen LogP contribution is 2.58. The summed E-state index contributed by atoms with van der Waals surface area (Å²) in [7, 11) is -2.08. The maximum absolute atomic E-state index is 11.2. The lowest BCUT2D eigenvalue weighted by Gasteiger charge is -2.28. The van der Waals surface area contributed by atoms with Crippen LogP contribution in [0.15, 0.2) is 133 Å². The SMILES string of the molecule is N#Cc1cc(C=Cc2ccccc2C[P+](c2ccccc2)(c2ccccc2)c2ccccc2)ccc1[N+](=O)[O-].[Br-]. The van der Waals surface area contributed by atoms with Gasteiger partial charge in [0.25, 0.3) is 5.69 Å². The molecule has 0 atom stereocenters. The number of nitro groups is 1. The Labute approximate surface area is 245 Å². The van der Waals surface area contributed by atoms with Crippen LogP contribution in [0.4, 0.5) is 5.69 Å². The third-order valence-electron chi connectivity index (χ3n) is 6.85. The zero-order valence-electron chi connectivity index (χ0n) is 21.6. The van der Waals surface area contributed by atoms with E-state index in [1.165, 1.54) is 27.5 Å². The molecule has 0 N–H and O–H groups in total. The first-order valence-electron chi connectivity index (χ1n) is 12.6. The number of hydrogen-bond donors (Lipinski definition) is 0. The van der Waals surface area contributed by atoms with E-state index in [9.17, 15) is 15.4 Å². The van der Waals surface area contributed by atoms with Crippen LogP contribution in [-0.2, 0) is 6.16 Å². The summed E-state index contributed by atoms with van der Waals surface area (Å²) in [6, 6.07) is 47.3. The number of halogens is 1. The van der Waals surface area contributed by atoms with Crippen molar-refractivity contribution in [3.8, 4) is 6.07 Å². The fraction of sp³-hybridized carbons (Fsp3) is 0.0294. The Morgan fingerprint density at radius 2 is 1.20 bits per heavy atom. The molecule has 0 bridgehead atoms. The molecule has 0 aliphatic carbocycles. The van der Waals surface area contributed by atoms with Crippen LogP contribution in [0.2, 0.25) is 0 Å². The fourth-order valence-electron chi connectivity index (χ4n) is 4.96. The summed E-state index contributed by atoms with van der Waals surface area (Å²) >= 11 is 0. The van der Waals surface area contributed by atoms with E-state index in [1.807, 2.05) is 24.3 Å². The lowest BCUT2D eigenvalue weighted by Crippen LogP contribution is -3.00. The minimum Gasteiger partial charge on any atom is -1.00 e. The molecule has 0 amide bonds. The van der Waals surface area contributed by atoms with Crippen molar-refractivity contribution < 1.29 is 21.9 Å². The Hall–Kier alpha value is -4.36. The number of nitrogens with zero attached hydrogens (tertiary/aromatic N) is 2. The average molecular weight is 605 g/mol. The summed E-state index contributed by atoms with van der Waals surface area (Å²) in [6.45, 7) is 0. The van der Waals surface area contributed by atoms with Crippen molar-refractivity contribution in [2.24, 2.45) is 0 Å². The Morgan fingerprint density at radius 3 is 1.70 bits per heavy atom. The summed E-state index contributed by atoms with van der Waals surface area (Å²) in [4.78, 5) is 10.7. The van der Waals surface area contributed by atoms with Crippen LogP contribution < -0.4 is 32.9 Å². The molecule has 5 aromatic rings. The Kier molecular flexibility index (Phi) is 9.40. The lowest BCUT2D eigenvalue weighted by molar-refractivity contribution is -0.385. The molecule has 0 heterocycles. The summed E-state index contributed by atoms with van der Waals surface area (Å²) in [6.07, 6.45) is 4.78. The average Bonchev–Trinajstić information content (AvgIpc) is 3.00. The highest BCUT2D eigenvalue weighted by Gasteiger charge is 2.45. The van der Waals surface area contributed by atoms with Crippen LogP contribution in [0, 0.1) is 21.4 Å². The number of benzene rings is 5. The first-order chi connectivity index (χ1) is 19.1. The molecule has 196 valence electrons. The van der Waals surface area contributed by atoms with E-state index in [2.05, 4.69) is 109 Å². The number of rotatable bonds is 8. The van der Waals surface area contributed by atoms with E-state index >= 15 is 0 Å². The van der Waals surface area contributed by atoms with Gasteiger partial charge in [0.15, 0.2) is 0 Å². The van der Waals surface area contributed by atoms with Crippen LogP contribution in [-0.4, -0.2) is 4.92 Å². The van der Waals surface area contributed by atoms with Crippen LogP contribution >= 0.6 is 7.26 Å². The second-order valence-corrected chi connectivity index (χ2v) is 12.6. The van der Waals surface area contributed by atoms with E-state index in [-0.39, 0.29) is 28.2 Å². The highest BCUT2D eigenvalue weighted by atomic mass is 79.9. The van der Waals surface area contributed by atoms with Gasteiger partial charge in [0, 0.05) is 6.07 Å². The van der Waals surface area contributed by atoms with Gasteiger partial charge in [-0.05, 0) is 65.2 Å². The number of nitro benzene ring substituents is 1. The van der Waals surface area contributed by atoms with Gasteiger partial charge in [-0.1, -0.05) is 91.0 Å². The van der Waals surface area contributed by atoms with Crippen molar-refractivity contribution in [1.82, 2.24) is 0 Å². The molecule has 0 aliphatic heterocycles. The molecule has 0 saturated carbocycles. The summed E-state index contributed by atoms with van der Waals surface area (Å²) in [5, 5.41) is 24.6. The Balaban J connectivity index is 0.00000370. The van der Waals surface area contributed by atoms with Gasteiger partial charge in [0.2, 0.25) is 0 Å². The maximum Gasteiger partial charge on any atom is 0.287 e. The summed E-state index contributed by atoms with van der Waals surface area (Å²) in [5.74, 6) is 0. The molecule has 0 fully saturated rings. The third-order valence-corrected chi connectivity index (χ3v) is 11.2. The van der Waals surface area contributed by atoms with E-state index < -0.39 is 12.2 Å². The molecule has 0 saturated heterocycles. The van der Waals surface area contributed by atoms with Gasteiger partial charge in [-0.2, -0.15) is 5.26 Å². The monoisotopic (exact) mass is 604 g/mol. The topological polar surface area (TPSA) is 66.9 Å². The normalized spacial score (nSPS) is 11.0.